The fourth-order valence-corrected chi connectivity index (χ4v) is 8.72. The highest BCUT2D eigenvalue weighted by atomic mass is 15.0. The van der Waals surface area contributed by atoms with E-state index in [-0.39, 0.29) is 0 Å². The summed E-state index contributed by atoms with van der Waals surface area (Å²) in [5, 5.41) is 5.03. The summed E-state index contributed by atoms with van der Waals surface area (Å²) in [4.78, 5) is 0. The highest BCUT2D eigenvalue weighted by molar-refractivity contribution is 6.16. The van der Waals surface area contributed by atoms with Gasteiger partial charge in [-0.3, -0.25) is 0 Å². The van der Waals surface area contributed by atoms with Crippen molar-refractivity contribution >= 4 is 43.6 Å². The second kappa shape index (κ2) is 13.2. The highest BCUT2D eigenvalue weighted by Crippen LogP contribution is 2.40. The number of aromatic nitrogens is 2. The Hall–Kier alpha value is -7.42. The Kier molecular flexibility index (Phi) is 7.53. The normalized spacial score (nSPS) is 11.6. The van der Waals surface area contributed by atoms with Crippen molar-refractivity contribution in [3.05, 3.63) is 218 Å². The molecule has 0 atom stereocenters. The van der Waals surface area contributed by atoms with E-state index >= 15 is 0 Å². The van der Waals surface area contributed by atoms with Gasteiger partial charge in [0.15, 0.2) is 0 Å². The van der Waals surface area contributed by atoms with Crippen LogP contribution in [0.2, 0.25) is 0 Å². The molecule has 0 saturated heterocycles. The van der Waals surface area contributed by atoms with Gasteiger partial charge in [-0.05, 0) is 99.1 Å². The van der Waals surface area contributed by atoms with Gasteiger partial charge in [0.2, 0.25) is 0 Å². The SMILES string of the molecule is c1ccc(-c2cccc(-n3c4ccccc4c4cc(-c5ccc(-c6cccc7c6c6ccccc6n7-c6cccc(-c7ccccc7)c6)cc5)ccc43)c2)cc1. The maximum atomic E-state index is 2.42. The summed E-state index contributed by atoms with van der Waals surface area (Å²) in [5.74, 6) is 0. The fraction of sp³-hybridized carbons (Fsp3) is 0. The van der Waals surface area contributed by atoms with Gasteiger partial charge < -0.3 is 9.13 Å². The number of rotatable bonds is 6. The lowest BCUT2D eigenvalue weighted by Gasteiger charge is -2.11. The third kappa shape index (κ3) is 5.26. The van der Waals surface area contributed by atoms with Crippen molar-refractivity contribution < 1.29 is 0 Å². The Balaban J connectivity index is 0.996. The average molecular weight is 713 g/mol. The summed E-state index contributed by atoms with van der Waals surface area (Å²) in [7, 11) is 0. The zero-order valence-electron chi connectivity index (χ0n) is 30.7. The zero-order valence-corrected chi connectivity index (χ0v) is 30.7. The van der Waals surface area contributed by atoms with Gasteiger partial charge in [0.1, 0.15) is 0 Å². The van der Waals surface area contributed by atoms with Crippen LogP contribution in [0.5, 0.6) is 0 Å². The molecule has 0 amide bonds. The molecule has 0 bridgehead atoms. The van der Waals surface area contributed by atoms with Crippen molar-refractivity contribution in [2.75, 3.05) is 0 Å². The Morgan fingerprint density at radius 3 is 1.32 bits per heavy atom. The van der Waals surface area contributed by atoms with Crippen LogP contribution in [0, 0.1) is 0 Å². The molecule has 0 aliphatic carbocycles. The van der Waals surface area contributed by atoms with Crippen LogP contribution >= 0.6 is 0 Å². The van der Waals surface area contributed by atoms with E-state index in [1.54, 1.807) is 0 Å². The third-order valence-corrected chi connectivity index (χ3v) is 11.3. The number of benzene rings is 9. The van der Waals surface area contributed by atoms with E-state index in [1.165, 1.54) is 88.1 Å². The second-order valence-electron chi connectivity index (χ2n) is 14.5. The van der Waals surface area contributed by atoms with Crippen molar-refractivity contribution in [3.63, 3.8) is 0 Å². The van der Waals surface area contributed by atoms with E-state index < -0.39 is 0 Å². The highest BCUT2D eigenvalue weighted by Gasteiger charge is 2.17. The van der Waals surface area contributed by atoms with Gasteiger partial charge in [0.05, 0.1) is 22.1 Å². The molecule has 0 saturated carbocycles. The van der Waals surface area contributed by atoms with E-state index in [1.807, 2.05) is 0 Å². The lowest BCUT2D eigenvalue weighted by Crippen LogP contribution is -1.94. The van der Waals surface area contributed by atoms with Gasteiger partial charge in [-0.2, -0.15) is 0 Å². The molecule has 2 nitrogen and oxygen atoms in total. The minimum atomic E-state index is 1.16. The van der Waals surface area contributed by atoms with Gasteiger partial charge in [-0.1, -0.05) is 164 Å². The van der Waals surface area contributed by atoms with Crippen LogP contribution < -0.4 is 0 Å². The van der Waals surface area contributed by atoms with Crippen molar-refractivity contribution in [2.45, 2.75) is 0 Å². The Labute approximate surface area is 325 Å². The van der Waals surface area contributed by atoms with Crippen LogP contribution in [0.1, 0.15) is 0 Å². The van der Waals surface area contributed by atoms with E-state index in [9.17, 15) is 0 Å². The molecular formula is C54H36N2. The van der Waals surface area contributed by atoms with Crippen molar-refractivity contribution in [1.82, 2.24) is 9.13 Å². The first-order valence-corrected chi connectivity index (χ1v) is 19.3. The van der Waals surface area contributed by atoms with Crippen LogP contribution in [0.4, 0.5) is 0 Å². The number of hydrogen-bond acceptors (Lipinski definition) is 0. The first kappa shape index (κ1) is 32.0. The quantitative estimate of drug-likeness (QED) is 0.162. The molecule has 56 heavy (non-hydrogen) atoms. The topological polar surface area (TPSA) is 9.86 Å². The lowest BCUT2D eigenvalue weighted by atomic mass is 9.96. The minimum absolute atomic E-state index is 1.16. The molecule has 2 aromatic heterocycles. The number of nitrogens with zero attached hydrogens (tertiary/aromatic N) is 2. The number of hydrogen-bond donors (Lipinski definition) is 0. The molecule has 0 radical (unpaired) electrons. The number of para-hydroxylation sites is 2. The molecule has 0 fully saturated rings. The lowest BCUT2D eigenvalue weighted by molar-refractivity contribution is 1.18. The molecule has 0 aliphatic heterocycles. The van der Waals surface area contributed by atoms with Crippen LogP contribution in [0.25, 0.3) is 99.5 Å². The summed E-state index contributed by atoms with van der Waals surface area (Å²) in [6.45, 7) is 0. The van der Waals surface area contributed by atoms with Crippen LogP contribution in [-0.2, 0) is 0 Å². The molecule has 2 heteroatoms. The number of fused-ring (bicyclic) bond motifs is 6. The summed E-state index contributed by atoms with van der Waals surface area (Å²) < 4.78 is 4.82. The molecule has 11 aromatic rings. The predicted octanol–water partition coefficient (Wildman–Crippen LogP) is 14.5. The van der Waals surface area contributed by atoms with E-state index in [4.69, 9.17) is 0 Å². The largest absolute Gasteiger partial charge is 0.309 e. The molecule has 2 heterocycles. The van der Waals surface area contributed by atoms with Crippen molar-refractivity contribution in [2.24, 2.45) is 0 Å². The molecule has 0 aliphatic rings. The van der Waals surface area contributed by atoms with E-state index in [2.05, 4.69) is 228 Å². The summed E-state index contributed by atoms with van der Waals surface area (Å²) in [6, 6.07) is 79.3. The summed E-state index contributed by atoms with van der Waals surface area (Å²) in [6.07, 6.45) is 0. The maximum absolute atomic E-state index is 2.42. The van der Waals surface area contributed by atoms with Gasteiger partial charge >= 0.3 is 0 Å². The smallest absolute Gasteiger partial charge is 0.0547 e. The second-order valence-corrected chi connectivity index (χ2v) is 14.5. The Morgan fingerprint density at radius 2 is 0.661 bits per heavy atom. The van der Waals surface area contributed by atoms with Gasteiger partial charge in [0, 0.05) is 32.9 Å². The van der Waals surface area contributed by atoms with E-state index in [0.717, 1.165) is 11.4 Å². The molecule has 262 valence electrons. The monoisotopic (exact) mass is 712 g/mol. The van der Waals surface area contributed by atoms with Crippen molar-refractivity contribution in [1.29, 1.82) is 0 Å². The zero-order chi connectivity index (χ0) is 37.0. The molecular weight excluding hydrogens is 677 g/mol. The summed E-state index contributed by atoms with van der Waals surface area (Å²) >= 11 is 0. The fourth-order valence-electron chi connectivity index (χ4n) is 8.72. The van der Waals surface area contributed by atoms with E-state index in [0.29, 0.717) is 0 Å². The molecule has 0 N–H and O–H groups in total. The van der Waals surface area contributed by atoms with Crippen LogP contribution in [-0.4, -0.2) is 9.13 Å². The molecule has 9 aromatic carbocycles. The average Bonchev–Trinajstić information content (AvgIpc) is 3.80. The maximum Gasteiger partial charge on any atom is 0.0547 e. The Morgan fingerprint density at radius 1 is 0.232 bits per heavy atom. The Bertz CT molecular complexity index is 3220. The van der Waals surface area contributed by atoms with Crippen LogP contribution in [0.15, 0.2) is 218 Å². The molecule has 11 rings (SSSR count). The molecule has 0 unspecified atom stereocenters. The van der Waals surface area contributed by atoms with Gasteiger partial charge in [-0.15, -0.1) is 0 Å². The minimum Gasteiger partial charge on any atom is -0.309 e. The molecule has 0 spiro atoms. The van der Waals surface area contributed by atoms with Gasteiger partial charge in [0.25, 0.3) is 0 Å². The van der Waals surface area contributed by atoms with Gasteiger partial charge in [-0.25, -0.2) is 0 Å². The third-order valence-electron chi connectivity index (χ3n) is 11.3. The predicted molar refractivity (Wildman–Crippen MR) is 237 cm³/mol. The standard InChI is InChI=1S/C54H36N2/c1-3-14-37(15-4-1)41-18-11-20-44(34-41)55-50-25-9-7-22-47(50)49-36-43(32-33-52(49)55)39-28-30-40(31-29-39)46-24-13-27-53-54(46)48-23-8-10-26-51(48)56(53)45-21-12-19-42(35-45)38-16-5-2-6-17-38/h1-36H. The first-order valence-electron chi connectivity index (χ1n) is 19.3. The van der Waals surface area contributed by atoms with Crippen molar-refractivity contribution in [3.8, 4) is 55.9 Å². The first-order chi connectivity index (χ1) is 27.8. The summed E-state index contributed by atoms with van der Waals surface area (Å²) in [5.41, 5.74) is 16.8. The van der Waals surface area contributed by atoms with Crippen LogP contribution in [0.3, 0.4) is 0 Å².